The van der Waals surface area contributed by atoms with Crippen molar-refractivity contribution < 1.29 is 22.3 Å². The van der Waals surface area contributed by atoms with E-state index < -0.39 is 15.8 Å². The van der Waals surface area contributed by atoms with E-state index in [1.165, 1.54) is 31.4 Å². The second-order valence-electron chi connectivity index (χ2n) is 7.56. The van der Waals surface area contributed by atoms with E-state index in [1.807, 2.05) is 11.5 Å². The fourth-order valence-electron chi connectivity index (χ4n) is 3.57. The number of primary sulfonamides is 1. The SMILES string of the molecule is CCCn1c(CCC(=O)NC(C)c2ccc(OC)c(F)c2)nc2cc(S(N)(=O)=O)ccc21. The van der Waals surface area contributed by atoms with Crippen molar-refractivity contribution in [2.75, 3.05) is 7.11 Å². The van der Waals surface area contributed by atoms with E-state index in [9.17, 15) is 17.6 Å². The predicted molar refractivity (Wildman–Crippen MR) is 119 cm³/mol. The highest BCUT2D eigenvalue weighted by Crippen LogP contribution is 2.23. The van der Waals surface area contributed by atoms with Gasteiger partial charge < -0.3 is 14.6 Å². The average molecular weight is 463 g/mol. The van der Waals surface area contributed by atoms with Gasteiger partial charge in [0, 0.05) is 19.4 Å². The Hall–Kier alpha value is -2.98. The van der Waals surface area contributed by atoms with Gasteiger partial charge in [-0.05, 0) is 49.2 Å². The lowest BCUT2D eigenvalue weighted by atomic mass is 10.1. The molecular weight excluding hydrogens is 435 g/mol. The molecule has 0 radical (unpaired) electrons. The van der Waals surface area contributed by atoms with Crippen LogP contribution in [0.15, 0.2) is 41.3 Å². The number of imidazole rings is 1. The predicted octanol–water partition coefficient (Wildman–Crippen LogP) is 3.05. The monoisotopic (exact) mass is 462 g/mol. The number of benzene rings is 2. The molecule has 0 aliphatic heterocycles. The van der Waals surface area contributed by atoms with Crippen LogP contribution in [-0.2, 0) is 27.8 Å². The fourth-order valence-corrected chi connectivity index (χ4v) is 4.11. The molecule has 2 aromatic carbocycles. The van der Waals surface area contributed by atoms with Gasteiger partial charge in [-0.25, -0.2) is 22.9 Å². The maximum Gasteiger partial charge on any atom is 0.238 e. The minimum Gasteiger partial charge on any atom is -0.494 e. The lowest BCUT2D eigenvalue weighted by Crippen LogP contribution is -2.27. The Labute approximate surface area is 186 Å². The number of carbonyl (C=O) groups excluding carboxylic acids is 1. The maximum absolute atomic E-state index is 13.9. The summed E-state index contributed by atoms with van der Waals surface area (Å²) in [6.45, 7) is 4.49. The summed E-state index contributed by atoms with van der Waals surface area (Å²) < 4.78 is 44.1. The first kappa shape index (κ1) is 23.7. The number of hydrogen-bond acceptors (Lipinski definition) is 5. The number of rotatable bonds is 9. The summed E-state index contributed by atoms with van der Waals surface area (Å²) in [6, 6.07) is 8.77. The van der Waals surface area contributed by atoms with Crippen LogP contribution in [-0.4, -0.2) is 31.0 Å². The van der Waals surface area contributed by atoms with Gasteiger partial charge in [-0.3, -0.25) is 4.79 Å². The van der Waals surface area contributed by atoms with Crippen LogP contribution in [0.1, 0.15) is 44.1 Å². The summed E-state index contributed by atoms with van der Waals surface area (Å²) in [5.41, 5.74) is 1.93. The molecule has 0 saturated heterocycles. The Morgan fingerprint density at radius 2 is 2.03 bits per heavy atom. The Morgan fingerprint density at radius 1 is 1.28 bits per heavy atom. The molecule has 10 heteroatoms. The molecule has 0 aliphatic rings. The zero-order valence-electron chi connectivity index (χ0n) is 18.3. The number of nitrogens with one attached hydrogen (secondary N) is 1. The minimum absolute atomic E-state index is 0.00371. The van der Waals surface area contributed by atoms with Crippen LogP contribution >= 0.6 is 0 Å². The maximum atomic E-state index is 13.9. The van der Waals surface area contributed by atoms with Gasteiger partial charge in [-0.1, -0.05) is 13.0 Å². The van der Waals surface area contributed by atoms with Crippen LogP contribution in [0.3, 0.4) is 0 Å². The van der Waals surface area contributed by atoms with Crippen molar-refractivity contribution in [2.24, 2.45) is 5.14 Å². The third kappa shape index (κ3) is 5.25. The molecule has 0 fully saturated rings. The molecule has 1 amide bonds. The summed E-state index contributed by atoms with van der Waals surface area (Å²) >= 11 is 0. The number of aryl methyl sites for hydroxylation is 2. The first-order valence-corrected chi connectivity index (χ1v) is 11.8. The molecule has 0 spiro atoms. The lowest BCUT2D eigenvalue weighted by molar-refractivity contribution is -0.121. The Bertz CT molecular complexity index is 1240. The van der Waals surface area contributed by atoms with Crippen LogP contribution in [0.5, 0.6) is 5.75 Å². The molecule has 3 N–H and O–H groups in total. The largest absolute Gasteiger partial charge is 0.494 e. The standard InChI is InChI=1S/C22H27FN4O4S/c1-4-11-27-19-7-6-16(32(24,29)30)13-18(19)26-21(27)9-10-22(28)25-14(2)15-5-8-20(31-3)17(23)12-15/h5-8,12-14H,4,9-11H2,1-3H3,(H,25,28)(H2,24,29,30). The van der Waals surface area contributed by atoms with Crippen LogP contribution in [0, 0.1) is 5.82 Å². The molecule has 3 aromatic rings. The van der Waals surface area contributed by atoms with Crippen LogP contribution < -0.4 is 15.2 Å². The first-order chi connectivity index (χ1) is 15.1. The highest BCUT2D eigenvalue weighted by molar-refractivity contribution is 7.89. The average Bonchev–Trinajstić information content (AvgIpc) is 3.08. The van der Waals surface area contributed by atoms with Gasteiger partial charge in [0.1, 0.15) is 5.82 Å². The van der Waals surface area contributed by atoms with Gasteiger partial charge in [0.2, 0.25) is 15.9 Å². The number of methoxy groups -OCH3 is 1. The number of sulfonamides is 1. The molecule has 0 saturated carbocycles. The second kappa shape index (κ2) is 9.66. The molecular formula is C22H27FN4O4S. The number of carbonyl (C=O) groups is 1. The molecule has 172 valence electrons. The van der Waals surface area contributed by atoms with Gasteiger partial charge in [0.15, 0.2) is 11.6 Å². The number of aromatic nitrogens is 2. The lowest BCUT2D eigenvalue weighted by Gasteiger charge is -2.15. The number of nitrogens with two attached hydrogens (primary N) is 1. The van der Waals surface area contributed by atoms with Crippen molar-refractivity contribution in [3.8, 4) is 5.75 Å². The van der Waals surface area contributed by atoms with Crippen molar-refractivity contribution in [1.82, 2.24) is 14.9 Å². The molecule has 1 aromatic heterocycles. The normalized spacial score (nSPS) is 12.7. The van der Waals surface area contributed by atoms with E-state index in [1.54, 1.807) is 19.1 Å². The summed E-state index contributed by atoms with van der Waals surface area (Å²) in [4.78, 5) is 17.1. The van der Waals surface area contributed by atoms with Gasteiger partial charge in [-0.15, -0.1) is 0 Å². The molecule has 8 nitrogen and oxygen atoms in total. The Morgan fingerprint density at radius 3 is 2.66 bits per heavy atom. The van der Waals surface area contributed by atoms with Gasteiger partial charge in [-0.2, -0.15) is 0 Å². The van der Waals surface area contributed by atoms with Gasteiger partial charge in [0.25, 0.3) is 0 Å². The van der Waals surface area contributed by atoms with E-state index in [0.29, 0.717) is 29.9 Å². The zero-order valence-corrected chi connectivity index (χ0v) is 19.1. The van der Waals surface area contributed by atoms with Crippen LogP contribution in [0.25, 0.3) is 11.0 Å². The van der Waals surface area contributed by atoms with E-state index in [-0.39, 0.29) is 29.0 Å². The molecule has 3 rings (SSSR count). The molecule has 1 unspecified atom stereocenters. The third-order valence-corrected chi connectivity index (χ3v) is 6.11. The smallest absolute Gasteiger partial charge is 0.238 e. The van der Waals surface area contributed by atoms with E-state index in [0.717, 1.165) is 11.9 Å². The zero-order chi connectivity index (χ0) is 23.5. The first-order valence-electron chi connectivity index (χ1n) is 10.3. The summed E-state index contributed by atoms with van der Waals surface area (Å²) in [5.74, 6) is 0.145. The minimum atomic E-state index is -3.83. The number of fused-ring (bicyclic) bond motifs is 1. The Kier molecular flexibility index (Phi) is 7.15. The highest BCUT2D eigenvalue weighted by atomic mass is 32.2. The van der Waals surface area contributed by atoms with Crippen molar-refractivity contribution in [3.05, 3.63) is 53.6 Å². The molecule has 32 heavy (non-hydrogen) atoms. The molecule has 1 atom stereocenters. The van der Waals surface area contributed by atoms with Crippen molar-refractivity contribution in [2.45, 2.75) is 50.6 Å². The van der Waals surface area contributed by atoms with Crippen molar-refractivity contribution in [3.63, 3.8) is 0 Å². The van der Waals surface area contributed by atoms with Crippen LogP contribution in [0.4, 0.5) is 4.39 Å². The second-order valence-corrected chi connectivity index (χ2v) is 9.12. The Balaban J connectivity index is 1.73. The topological polar surface area (TPSA) is 116 Å². The highest BCUT2D eigenvalue weighted by Gasteiger charge is 2.17. The number of hydrogen-bond donors (Lipinski definition) is 2. The van der Waals surface area contributed by atoms with Crippen LogP contribution in [0.2, 0.25) is 0 Å². The van der Waals surface area contributed by atoms with E-state index in [4.69, 9.17) is 9.88 Å². The van der Waals surface area contributed by atoms with Gasteiger partial charge in [0.05, 0.1) is 29.1 Å². The summed E-state index contributed by atoms with van der Waals surface area (Å²) in [5, 5.41) is 8.09. The number of ether oxygens (including phenoxy) is 1. The quantitative estimate of drug-likeness (QED) is 0.507. The summed E-state index contributed by atoms with van der Waals surface area (Å²) in [6.07, 6.45) is 1.40. The number of nitrogens with zero attached hydrogens (tertiary/aromatic N) is 2. The van der Waals surface area contributed by atoms with Gasteiger partial charge >= 0.3 is 0 Å². The van der Waals surface area contributed by atoms with E-state index >= 15 is 0 Å². The fraction of sp³-hybridized carbons (Fsp3) is 0.364. The third-order valence-electron chi connectivity index (χ3n) is 5.20. The van der Waals surface area contributed by atoms with Crippen molar-refractivity contribution in [1.29, 1.82) is 0 Å². The number of halogens is 1. The van der Waals surface area contributed by atoms with Crippen molar-refractivity contribution >= 4 is 27.0 Å². The number of amides is 1. The summed E-state index contributed by atoms with van der Waals surface area (Å²) in [7, 11) is -2.44. The molecule has 1 heterocycles. The van der Waals surface area contributed by atoms with E-state index in [2.05, 4.69) is 10.3 Å². The molecule has 0 bridgehead atoms. The molecule has 0 aliphatic carbocycles.